The van der Waals surface area contributed by atoms with E-state index in [1.165, 1.54) is 0 Å². The molecular weight excluding hydrogens is 310 g/mol. The standard InChI is InChI=1S/C13H25N3O3S2/c1-3-5-8-19-9-6-7-15-13-11(12(14)16-20-13)21(17,18)10-4-2/h15H,3-10H2,1-2H3,(H2,14,16). The summed E-state index contributed by atoms with van der Waals surface area (Å²) in [5.41, 5.74) is 5.70. The van der Waals surface area contributed by atoms with E-state index in [0.717, 1.165) is 37.4 Å². The van der Waals surface area contributed by atoms with Crippen LogP contribution >= 0.6 is 11.5 Å². The van der Waals surface area contributed by atoms with Gasteiger partial charge in [0.25, 0.3) is 0 Å². The quantitative estimate of drug-likeness (QED) is 0.604. The Labute approximate surface area is 131 Å². The molecule has 0 bridgehead atoms. The number of nitrogens with zero attached hydrogens (tertiary/aromatic N) is 1. The zero-order valence-corrected chi connectivity index (χ0v) is 14.4. The van der Waals surface area contributed by atoms with Crippen molar-refractivity contribution in [3.8, 4) is 0 Å². The number of unbranched alkanes of at least 4 members (excludes halogenated alkanes) is 1. The third-order valence-electron chi connectivity index (χ3n) is 2.85. The van der Waals surface area contributed by atoms with E-state index in [1.54, 1.807) is 0 Å². The summed E-state index contributed by atoms with van der Waals surface area (Å²) >= 11 is 1.09. The van der Waals surface area contributed by atoms with Crippen molar-refractivity contribution in [3.63, 3.8) is 0 Å². The van der Waals surface area contributed by atoms with Crippen molar-refractivity contribution in [1.29, 1.82) is 0 Å². The van der Waals surface area contributed by atoms with Crippen LogP contribution < -0.4 is 11.1 Å². The number of rotatable bonds is 11. The van der Waals surface area contributed by atoms with Crippen LogP contribution in [0.3, 0.4) is 0 Å². The summed E-state index contributed by atoms with van der Waals surface area (Å²) in [5, 5.41) is 3.64. The molecule has 0 aromatic carbocycles. The highest BCUT2D eigenvalue weighted by atomic mass is 32.2. The van der Waals surface area contributed by atoms with E-state index < -0.39 is 9.84 Å². The van der Waals surface area contributed by atoms with E-state index in [-0.39, 0.29) is 16.5 Å². The smallest absolute Gasteiger partial charge is 0.185 e. The molecular formula is C13H25N3O3S2. The average Bonchev–Trinajstić information content (AvgIpc) is 2.79. The van der Waals surface area contributed by atoms with Crippen LogP contribution in [-0.4, -0.2) is 38.3 Å². The molecule has 0 radical (unpaired) electrons. The average molecular weight is 335 g/mol. The van der Waals surface area contributed by atoms with Gasteiger partial charge in [-0.05, 0) is 30.8 Å². The van der Waals surface area contributed by atoms with E-state index in [1.807, 2.05) is 6.92 Å². The number of hydrogen-bond donors (Lipinski definition) is 2. The molecule has 0 aliphatic carbocycles. The lowest BCUT2D eigenvalue weighted by molar-refractivity contribution is 0.131. The fourth-order valence-electron chi connectivity index (χ4n) is 1.80. The number of sulfone groups is 1. The van der Waals surface area contributed by atoms with Crippen molar-refractivity contribution in [3.05, 3.63) is 0 Å². The van der Waals surface area contributed by atoms with Crippen molar-refractivity contribution in [2.45, 2.75) is 44.4 Å². The van der Waals surface area contributed by atoms with E-state index in [9.17, 15) is 8.42 Å². The maximum Gasteiger partial charge on any atom is 0.185 e. The van der Waals surface area contributed by atoms with E-state index in [0.29, 0.717) is 24.6 Å². The van der Waals surface area contributed by atoms with Crippen LogP contribution in [0, 0.1) is 0 Å². The minimum Gasteiger partial charge on any atom is -0.382 e. The second-order valence-electron chi connectivity index (χ2n) is 4.79. The first-order valence-corrected chi connectivity index (χ1v) is 9.75. The summed E-state index contributed by atoms with van der Waals surface area (Å²) in [7, 11) is -3.35. The number of nitrogen functional groups attached to an aromatic ring is 1. The fraction of sp³-hybridized carbons (Fsp3) is 0.769. The topological polar surface area (TPSA) is 94.3 Å². The Morgan fingerprint density at radius 3 is 2.62 bits per heavy atom. The predicted octanol–water partition coefficient (Wildman–Crippen LogP) is 2.53. The molecule has 122 valence electrons. The number of nitrogens with two attached hydrogens (primary N) is 1. The van der Waals surface area contributed by atoms with E-state index in [4.69, 9.17) is 10.5 Å². The Bertz CT molecular complexity index is 515. The number of aromatic nitrogens is 1. The largest absolute Gasteiger partial charge is 0.382 e. The predicted molar refractivity (Wildman–Crippen MR) is 87.7 cm³/mol. The number of anilines is 2. The monoisotopic (exact) mass is 335 g/mol. The molecule has 1 rings (SSSR count). The SMILES string of the molecule is CCCCOCCCNc1snc(N)c1S(=O)(=O)CCC. The van der Waals surface area contributed by atoms with Gasteiger partial charge in [-0.1, -0.05) is 20.3 Å². The highest BCUT2D eigenvalue weighted by Crippen LogP contribution is 2.32. The summed E-state index contributed by atoms with van der Waals surface area (Å²) in [6, 6.07) is 0. The summed E-state index contributed by atoms with van der Waals surface area (Å²) in [6.07, 6.45) is 3.56. The van der Waals surface area contributed by atoms with Gasteiger partial charge in [0.15, 0.2) is 15.7 Å². The Morgan fingerprint density at radius 1 is 1.24 bits per heavy atom. The molecule has 0 fully saturated rings. The summed E-state index contributed by atoms with van der Waals surface area (Å²) < 4.78 is 33.7. The van der Waals surface area contributed by atoms with Gasteiger partial charge in [-0.3, -0.25) is 0 Å². The van der Waals surface area contributed by atoms with Gasteiger partial charge in [0.1, 0.15) is 9.90 Å². The van der Waals surface area contributed by atoms with Crippen LogP contribution in [0.2, 0.25) is 0 Å². The van der Waals surface area contributed by atoms with Gasteiger partial charge in [0.2, 0.25) is 0 Å². The first-order valence-electron chi connectivity index (χ1n) is 7.32. The van der Waals surface area contributed by atoms with Crippen LogP contribution in [0.1, 0.15) is 39.5 Å². The lowest BCUT2D eigenvalue weighted by Gasteiger charge is -2.08. The van der Waals surface area contributed by atoms with Gasteiger partial charge in [0, 0.05) is 19.8 Å². The Morgan fingerprint density at radius 2 is 1.95 bits per heavy atom. The van der Waals surface area contributed by atoms with Crippen LogP contribution in [0.25, 0.3) is 0 Å². The molecule has 0 saturated carbocycles. The molecule has 21 heavy (non-hydrogen) atoms. The van der Waals surface area contributed by atoms with Crippen LogP contribution in [-0.2, 0) is 14.6 Å². The molecule has 0 unspecified atom stereocenters. The lowest BCUT2D eigenvalue weighted by Crippen LogP contribution is -2.12. The minimum absolute atomic E-state index is 0.0877. The lowest BCUT2D eigenvalue weighted by atomic mass is 10.4. The van der Waals surface area contributed by atoms with Crippen molar-refractivity contribution < 1.29 is 13.2 Å². The Hall–Kier alpha value is -0.860. The molecule has 0 aliphatic rings. The maximum atomic E-state index is 12.2. The Kier molecular flexibility index (Phi) is 7.98. The van der Waals surface area contributed by atoms with Crippen LogP contribution in [0.4, 0.5) is 10.8 Å². The number of ether oxygens (including phenoxy) is 1. The zero-order valence-electron chi connectivity index (χ0n) is 12.7. The van der Waals surface area contributed by atoms with Crippen molar-refractivity contribution in [2.75, 3.05) is 36.6 Å². The van der Waals surface area contributed by atoms with Gasteiger partial charge in [-0.2, -0.15) is 4.37 Å². The first kappa shape index (κ1) is 18.2. The molecule has 0 spiro atoms. The molecule has 1 heterocycles. The molecule has 0 aliphatic heterocycles. The molecule has 0 saturated heterocycles. The van der Waals surface area contributed by atoms with Gasteiger partial charge < -0.3 is 15.8 Å². The van der Waals surface area contributed by atoms with Gasteiger partial charge >= 0.3 is 0 Å². The summed E-state index contributed by atoms with van der Waals surface area (Å²) in [5.74, 6) is 0.180. The van der Waals surface area contributed by atoms with Gasteiger partial charge in [-0.25, -0.2) is 8.42 Å². The third kappa shape index (κ3) is 5.80. The number of nitrogens with one attached hydrogen (secondary N) is 1. The minimum atomic E-state index is -3.35. The van der Waals surface area contributed by atoms with Crippen molar-refractivity contribution in [1.82, 2.24) is 4.37 Å². The summed E-state index contributed by atoms with van der Waals surface area (Å²) in [4.78, 5) is 0.154. The van der Waals surface area contributed by atoms with Gasteiger partial charge in [0.05, 0.1) is 5.75 Å². The second-order valence-corrected chi connectivity index (χ2v) is 7.61. The Balaban J connectivity index is 2.50. The van der Waals surface area contributed by atoms with E-state index in [2.05, 4.69) is 16.6 Å². The maximum absolute atomic E-state index is 12.2. The van der Waals surface area contributed by atoms with E-state index >= 15 is 0 Å². The number of hydrogen-bond acceptors (Lipinski definition) is 7. The molecule has 0 amide bonds. The molecule has 3 N–H and O–H groups in total. The van der Waals surface area contributed by atoms with Crippen molar-refractivity contribution >= 4 is 32.2 Å². The molecule has 1 aromatic heterocycles. The normalized spacial score (nSPS) is 11.7. The highest BCUT2D eigenvalue weighted by Gasteiger charge is 2.24. The highest BCUT2D eigenvalue weighted by molar-refractivity contribution is 7.91. The summed E-state index contributed by atoms with van der Waals surface area (Å²) in [6.45, 7) is 6.03. The molecule has 6 nitrogen and oxygen atoms in total. The molecule has 8 heteroatoms. The van der Waals surface area contributed by atoms with Gasteiger partial charge in [-0.15, -0.1) is 0 Å². The van der Waals surface area contributed by atoms with Crippen LogP contribution in [0.5, 0.6) is 0 Å². The zero-order chi connectivity index (χ0) is 15.7. The van der Waals surface area contributed by atoms with Crippen LogP contribution in [0.15, 0.2) is 4.90 Å². The third-order valence-corrected chi connectivity index (χ3v) is 5.78. The molecule has 0 atom stereocenters. The molecule has 1 aromatic rings. The van der Waals surface area contributed by atoms with Crippen molar-refractivity contribution in [2.24, 2.45) is 0 Å². The fourth-order valence-corrected chi connectivity index (χ4v) is 4.45. The second kappa shape index (κ2) is 9.22. The first-order chi connectivity index (χ1) is 10.0.